The van der Waals surface area contributed by atoms with Crippen LogP contribution in [0.3, 0.4) is 0 Å². The molecule has 0 saturated carbocycles. The Labute approximate surface area is 119 Å². The van der Waals surface area contributed by atoms with Crippen molar-refractivity contribution in [1.82, 2.24) is 9.78 Å². The highest BCUT2D eigenvalue weighted by atomic mass is 35.5. The molecule has 1 aromatic carbocycles. The minimum absolute atomic E-state index is 0.558. The Morgan fingerprint density at radius 2 is 1.95 bits per heavy atom. The van der Waals surface area contributed by atoms with Gasteiger partial charge in [0.1, 0.15) is 5.69 Å². The van der Waals surface area contributed by atoms with Crippen molar-refractivity contribution in [2.45, 2.75) is 0 Å². The van der Waals surface area contributed by atoms with Crippen LogP contribution in [0.4, 0.5) is 0 Å². The van der Waals surface area contributed by atoms with E-state index >= 15 is 0 Å². The molecule has 0 N–H and O–H groups in total. The van der Waals surface area contributed by atoms with Crippen molar-refractivity contribution in [2.24, 2.45) is 0 Å². The van der Waals surface area contributed by atoms with Crippen LogP contribution in [0.2, 0.25) is 4.34 Å². The van der Waals surface area contributed by atoms with Crippen LogP contribution in [-0.2, 0) is 0 Å². The summed E-state index contributed by atoms with van der Waals surface area (Å²) in [6, 6.07) is 13.3. The summed E-state index contributed by atoms with van der Waals surface area (Å²) in [7, 11) is 0. The number of carbonyl (C=O) groups is 1. The summed E-state index contributed by atoms with van der Waals surface area (Å²) in [5.74, 6) is 0. The lowest BCUT2D eigenvalue weighted by atomic mass is 10.2. The lowest BCUT2D eigenvalue weighted by Gasteiger charge is -1.98. The van der Waals surface area contributed by atoms with Crippen molar-refractivity contribution in [1.29, 1.82) is 0 Å². The van der Waals surface area contributed by atoms with Crippen molar-refractivity contribution in [3.63, 3.8) is 0 Å². The number of carbonyl (C=O) groups excluding carboxylic acids is 1. The van der Waals surface area contributed by atoms with Crippen LogP contribution in [0.1, 0.15) is 10.4 Å². The van der Waals surface area contributed by atoms with Gasteiger partial charge in [-0.15, -0.1) is 11.3 Å². The molecule has 0 bridgehead atoms. The number of rotatable bonds is 3. The van der Waals surface area contributed by atoms with Gasteiger partial charge in [-0.25, -0.2) is 4.68 Å². The van der Waals surface area contributed by atoms with Crippen LogP contribution in [0.5, 0.6) is 0 Å². The molecule has 0 aliphatic heterocycles. The molecule has 0 atom stereocenters. The number of nitrogens with zero attached hydrogens (tertiary/aromatic N) is 2. The minimum atomic E-state index is 0.558. The van der Waals surface area contributed by atoms with E-state index < -0.39 is 0 Å². The third-order valence-electron chi connectivity index (χ3n) is 2.70. The van der Waals surface area contributed by atoms with Gasteiger partial charge in [0.15, 0.2) is 6.29 Å². The first kappa shape index (κ1) is 12.1. The molecular weight excluding hydrogens is 280 g/mol. The highest BCUT2D eigenvalue weighted by Crippen LogP contribution is 2.32. The van der Waals surface area contributed by atoms with Crippen LogP contribution >= 0.6 is 22.9 Å². The van der Waals surface area contributed by atoms with Gasteiger partial charge in [0, 0.05) is 6.20 Å². The number of hydrogen-bond donors (Lipinski definition) is 0. The molecule has 19 heavy (non-hydrogen) atoms. The molecule has 3 aromatic rings. The van der Waals surface area contributed by atoms with Crippen LogP contribution in [0.15, 0.2) is 48.7 Å². The number of aldehydes is 1. The van der Waals surface area contributed by atoms with E-state index in [1.807, 2.05) is 36.4 Å². The summed E-state index contributed by atoms with van der Waals surface area (Å²) in [6.07, 6.45) is 2.54. The lowest BCUT2D eigenvalue weighted by Crippen LogP contribution is -1.93. The Bertz CT molecular complexity index is 718. The van der Waals surface area contributed by atoms with E-state index in [0.29, 0.717) is 15.6 Å². The quantitative estimate of drug-likeness (QED) is 0.681. The maximum Gasteiger partial charge on any atom is 0.153 e. The largest absolute Gasteiger partial charge is 0.298 e. The van der Waals surface area contributed by atoms with Gasteiger partial charge < -0.3 is 0 Å². The maximum atomic E-state index is 11.2. The Hall–Kier alpha value is -1.91. The number of hydrogen-bond acceptors (Lipinski definition) is 3. The summed E-state index contributed by atoms with van der Waals surface area (Å²) >= 11 is 7.33. The monoisotopic (exact) mass is 288 g/mol. The molecule has 0 spiro atoms. The van der Waals surface area contributed by atoms with Crippen LogP contribution in [-0.4, -0.2) is 16.1 Å². The van der Waals surface area contributed by atoms with Gasteiger partial charge in [-0.3, -0.25) is 4.79 Å². The van der Waals surface area contributed by atoms with E-state index in [0.717, 1.165) is 16.9 Å². The zero-order valence-corrected chi connectivity index (χ0v) is 11.4. The van der Waals surface area contributed by atoms with Crippen molar-refractivity contribution >= 4 is 29.2 Å². The average Bonchev–Trinajstić information content (AvgIpc) is 3.05. The topological polar surface area (TPSA) is 34.9 Å². The van der Waals surface area contributed by atoms with Crippen LogP contribution < -0.4 is 0 Å². The zero-order chi connectivity index (χ0) is 13.2. The molecule has 2 heterocycles. The summed E-state index contributed by atoms with van der Waals surface area (Å²) in [5.41, 5.74) is 2.14. The van der Waals surface area contributed by atoms with Gasteiger partial charge in [-0.2, -0.15) is 5.10 Å². The van der Waals surface area contributed by atoms with Crippen LogP contribution in [0.25, 0.3) is 16.3 Å². The van der Waals surface area contributed by atoms with Crippen molar-refractivity contribution in [3.8, 4) is 16.3 Å². The first-order valence-electron chi connectivity index (χ1n) is 5.64. The second-order valence-corrected chi connectivity index (χ2v) is 5.65. The predicted octanol–water partition coefficient (Wildman–Crippen LogP) is 4.07. The Morgan fingerprint density at radius 1 is 1.16 bits per heavy atom. The fourth-order valence-corrected chi connectivity index (χ4v) is 2.87. The second kappa shape index (κ2) is 4.99. The molecule has 5 heteroatoms. The van der Waals surface area contributed by atoms with Crippen LogP contribution in [0, 0.1) is 0 Å². The molecule has 3 nitrogen and oxygen atoms in total. The van der Waals surface area contributed by atoms with Gasteiger partial charge in [0.2, 0.25) is 0 Å². The Balaban J connectivity index is 2.11. The third kappa shape index (κ3) is 2.32. The van der Waals surface area contributed by atoms with Gasteiger partial charge in [0.05, 0.1) is 20.5 Å². The summed E-state index contributed by atoms with van der Waals surface area (Å²) in [4.78, 5) is 12.1. The summed E-state index contributed by atoms with van der Waals surface area (Å²) in [6.45, 7) is 0. The minimum Gasteiger partial charge on any atom is -0.298 e. The molecule has 0 unspecified atom stereocenters. The molecule has 0 saturated heterocycles. The normalized spacial score (nSPS) is 10.6. The highest BCUT2D eigenvalue weighted by Gasteiger charge is 2.13. The standard InChI is InChI=1S/C14H9ClN2OS/c15-13-7-6-12(19-13)14-10(9-18)8-17(16-14)11-4-2-1-3-5-11/h1-9H. The van der Waals surface area contributed by atoms with E-state index in [-0.39, 0.29) is 0 Å². The number of aromatic nitrogens is 2. The lowest BCUT2D eigenvalue weighted by molar-refractivity contribution is 0.112. The van der Waals surface area contributed by atoms with E-state index in [1.54, 1.807) is 16.9 Å². The number of thiophene rings is 1. The Kier molecular flexibility index (Phi) is 3.19. The molecule has 3 rings (SSSR count). The maximum absolute atomic E-state index is 11.2. The third-order valence-corrected chi connectivity index (χ3v) is 3.93. The molecule has 0 radical (unpaired) electrons. The molecular formula is C14H9ClN2OS. The number of halogens is 1. The smallest absolute Gasteiger partial charge is 0.153 e. The van der Waals surface area contributed by atoms with Gasteiger partial charge in [0.25, 0.3) is 0 Å². The average molecular weight is 289 g/mol. The predicted molar refractivity (Wildman–Crippen MR) is 77.3 cm³/mol. The zero-order valence-electron chi connectivity index (χ0n) is 9.79. The Morgan fingerprint density at radius 3 is 2.58 bits per heavy atom. The fourth-order valence-electron chi connectivity index (χ4n) is 1.82. The summed E-state index contributed by atoms with van der Waals surface area (Å²) in [5, 5.41) is 4.47. The molecule has 2 aromatic heterocycles. The molecule has 0 fully saturated rings. The number of benzene rings is 1. The second-order valence-electron chi connectivity index (χ2n) is 3.93. The number of para-hydroxylation sites is 1. The molecule has 0 amide bonds. The highest BCUT2D eigenvalue weighted by molar-refractivity contribution is 7.19. The van der Waals surface area contributed by atoms with E-state index in [2.05, 4.69) is 5.10 Å². The molecule has 94 valence electrons. The van der Waals surface area contributed by atoms with Gasteiger partial charge >= 0.3 is 0 Å². The van der Waals surface area contributed by atoms with Crippen molar-refractivity contribution in [2.75, 3.05) is 0 Å². The molecule has 0 aliphatic rings. The SMILES string of the molecule is O=Cc1cn(-c2ccccc2)nc1-c1ccc(Cl)s1. The molecule has 0 aliphatic carbocycles. The summed E-state index contributed by atoms with van der Waals surface area (Å²) < 4.78 is 2.38. The first-order valence-corrected chi connectivity index (χ1v) is 6.83. The van der Waals surface area contributed by atoms with Gasteiger partial charge in [-0.05, 0) is 24.3 Å². The van der Waals surface area contributed by atoms with E-state index in [1.165, 1.54) is 11.3 Å². The van der Waals surface area contributed by atoms with Crippen molar-refractivity contribution in [3.05, 3.63) is 58.6 Å². The first-order chi connectivity index (χ1) is 9.28. The van der Waals surface area contributed by atoms with Crippen molar-refractivity contribution < 1.29 is 4.79 Å². The van der Waals surface area contributed by atoms with E-state index in [9.17, 15) is 4.79 Å². The van der Waals surface area contributed by atoms with E-state index in [4.69, 9.17) is 11.6 Å². The van der Waals surface area contributed by atoms with Gasteiger partial charge in [-0.1, -0.05) is 29.8 Å². The fraction of sp³-hybridized carbons (Fsp3) is 0.